The van der Waals surface area contributed by atoms with Crippen LogP contribution >= 0.6 is 11.6 Å². The van der Waals surface area contributed by atoms with Crippen molar-refractivity contribution in [2.75, 3.05) is 17.2 Å². The minimum atomic E-state index is -0.946. The molecular weight excluding hydrogens is 519 g/mol. The van der Waals surface area contributed by atoms with Crippen molar-refractivity contribution in [1.82, 2.24) is 0 Å². The molecule has 3 aromatic rings. The van der Waals surface area contributed by atoms with Gasteiger partial charge >= 0.3 is 11.9 Å². The Hall–Kier alpha value is -3.84. The van der Waals surface area contributed by atoms with Crippen LogP contribution in [0.15, 0.2) is 67.3 Å². The van der Waals surface area contributed by atoms with Gasteiger partial charge in [0.25, 0.3) is 0 Å². The van der Waals surface area contributed by atoms with Crippen LogP contribution in [0.2, 0.25) is 5.02 Å². The maximum atomic E-state index is 13.7. The number of para-hydroxylation sites is 1. The molecule has 0 fully saturated rings. The van der Waals surface area contributed by atoms with Crippen molar-refractivity contribution in [3.8, 4) is 0 Å². The molecular formula is C31H36ClFN2O4. The summed E-state index contributed by atoms with van der Waals surface area (Å²) in [6.45, 7) is 8.63. The third kappa shape index (κ3) is 10.8. The topological polar surface area (TPSA) is 98.7 Å². The second-order valence-corrected chi connectivity index (χ2v) is 9.55. The van der Waals surface area contributed by atoms with E-state index in [9.17, 15) is 14.0 Å². The molecule has 0 radical (unpaired) electrons. The first-order valence-electron chi connectivity index (χ1n) is 12.8. The van der Waals surface area contributed by atoms with Crippen LogP contribution in [0.3, 0.4) is 0 Å². The normalized spacial score (nSPS) is 10.3. The van der Waals surface area contributed by atoms with Gasteiger partial charge in [0.15, 0.2) is 0 Å². The fourth-order valence-corrected chi connectivity index (χ4v) is 4.14. The predicted octanol–water partition coefficient (Wildman–Crippen LogP) is 7.80. The summed E-state index contributed by atoms with van der Waals surface area (Å²) in [7, 11) is 0. The lowest BCUT2D eigenvalue weighted by Gasteiger charge is -2.13. The monoisotopic (exact) mass is 554 g/mol. The van der Waals surface area contributed by atoms with Crippen molar-refractivity contribution < 1.29 is 24.2 Å². The first kappa shape index (κ1) is 31.4. The third-order valence-corrected chi connectivity index (χ3v) is 6.13. The molecule has 6 nitrogen and oxygen atoms in total. The van der Waals surface area contributed by atoms with Gasteiger partial charge in [0, 0.05) is 17.9 Å². The van der Waals surface area contributed by atoms with Gasteiger partial charge in [-0.25, -0.2) is 4.39 Å². The summed E-state index contributed by atoms with van der Waals surface area (Å²) in [5, 5.41) is 24.4. The van der Waals surface area contributed by atoms with Crippen LogP contribution in [-0.4, -0.2) is 28.7 Å². The molecule has 0 heterocycles. The van der Waals surface area contributed by atoms with Crippen LogP contribution < -0.4 is 10.6 Å². The molecule has 0 atom stereocenters. The number of benzene rings is 3. The Balaban J connectivity index is 0.000000274. The maximum absolute atomic E-state index is 13.7. The Kier molecular flexibility index (Phi) is 13.0. The van der Waals surface area contributed by atoms with Crippen LogP contribution in [0.1, 0.15) is 48.4 Å². The summed E-state index contributed by atoms with van der Waals surface area (Å²) in [6, 6.07) is 15.6. The second kappa shape index (κ2) is 16.2. The molecule has 0 saturated heterocycles. The lowest BCUT2D eigenvalue weighted by Crippen LogP contribution is -2.08. The fourth-order valence-electron chi connectivity index (χ4n) is 3.93. The minimum Gasteiger partial charge on any atom is -0.481 e. The highest BCUT2D eigenvalue weighted by Crippen LogP contribution is 2.30. The first-order valence-corrected chi connectivity index (χ1v) is 13.2. The van der Waals surface area contributed by atoms with Crippen molar-refractivity contribution >= 4 is 40.6 Å². The van der Waals surface area contributed by atoms with Crippen molar-refractivity contribution in [2.24, 2.45) is 0 Å². The smallest absolute Gasteiger partial charge is 0.307 e. The van der Waals surface area contributed by atoms with Crippen molar-refractivity contribution in [3.05, 3.63) is 100 Å². The predicted molar refractivity (Wildman–Crippen MR) is 157 cm³/mol. The number of nitrogens with one attached hydrogen (secondary N) is 2. The zero-order valence-corrected chi connectivity index (χ0v) is 23.2. The molecule has 0 spiro atoms. The highest BCUT2D eigenvalue weighted by Gasteiger charge is 2.12. The number of aryl methyl sites for hydroxylation is 1. The number of rotatable bonds is 13. The van der Waals surface area contributed by atoms with Gasteiger partial charge in [-0.3, -0.25) is 9.59 Å². The standard InChI is InChI=1S/C16H23NO2.C15H13ClFNO2/c1-3-5-6-10-17-15-9-8-13(7-4-2)11-14(15)12-16(18)19;1-9-5-6-13(10(7-9)8-14(19)20)18-15-11(16)3-2-4-12(15)17/h4,8-9,11,17H,2-3,5-7,10,12H2,1H3,(H,18,19);2-7,18H,8H2,1H3,(H,19,20). The Morgan fingerprint density at radius 1 is 0.974 bits per heavy atom. The average Bonchev–Trinajstić information content (AvgIpc) is 2.86. The molecule has 4 N–H and O–H groups in total. The van der Waals surface area contributed by atoms with E-state index in [1.807, 2.05) is 37.3 Å². The van der Waals surface area contributed by atoms with Crippen LogP contribution in [0.25, 0.3) is 0 Å². The first-order chi connectivity index (χ1) is 18.6. The van der Waals surface area contributed by atoms with Gasteiger partial charge in [-0.05, 0) is 60.7 Å². The Labute approximate surface area is 234 Å². The molecule has 0 unspecified atom stereocenters. The lowest BCUT2D eigenvalue weighted by molar-refractivity contribution is -0.137. The van der Waals surface area contributed by atoms with E-state index >= 15 is 0 Å². The van der Waals surface area contributed by atoms with Crippen molar-refractivity contribution in [2.45, 2.75) is 52.4 Å². The molecule has 0 amide bonds. The second-order valence-electron chi connectivity index (χ2n) is 9.14. The number of carboxylic acids is 2. The van der Waals surface area contributed by atoms with Crippen LogP contribution in [0.5, 0.6) is 0 Å². The van der Waals surface area contributed by atoms with Crippen molar-refractivity contribution in [1.29, 1.82) is 0 Å². The molecule has 8 heteroatoms. The molecule has 0 aliphatic rings. The van der Waals surface area contributed by atoms with E-state index in [4.69, 9.17) is 21.8 Å². The zero-order chi connectivity index (χ0) is 28.8. The molecule has 208 valence electrons. The SMILES string of the molecule is C=CCc1ccc(NCCCCC)c(CC(=O)O)c1.Cc1ccc(Nc2c(F)cccc2Cl)c(CC(=O)O)c1. The van der Waals surface area contributed by atoms with Gasteiger partial charge in [0.2, 0.25) is 0 Å². The summed E-state index contributed by atoms with van der Waals surface area (Å²) >= 11 is 5.95. The molecule has 0 saturated carbocycles. The summed E-state index contributed by atoms with van der Waals surface area (Å²) in [6.07, 6.45) is 5.99. The number of halogens is 2. The summed E-state index contributed by atoms with van der Waals surface area (Å²) < 4.78 is 13.7. The molecule has 39 heavy (non-hydrogen) atoms. The molecule has 0 bridgehead atoms. The number of carboxylic acid groups (broad SMARTS) is 2. The van der Waals surface area contributed by atoms with Gasteiger partial charge in [0.1, 0.15) is 5.82 Å². The number of carbonyl (C=O) groups is 2. The average molecular weight is 555 g/mol. The van der Waals surface area contributed by atoms with E-state index in [-0.39, 0.29) is 23.6 Å². The van der Waals surface area contributed by atoms with Crippen LogP contribution in [-0.2, 0) is 28.9 Å². The Bertz CT molecular complexity index is 1260. The third-order valence-electron chi connectivity index (χ3n) is 5.81. The number of allylic oxidation sites excluding steroid dienone is 1. The quantitative estimate of drug-likeness (QED) is 0.127. The number of hydrogen-bond donors (Lipinski definition) is 4. The highest BCUT2D eigenvalue weighted by molar-refractivity contribution is 6.33. The molecule has 0 aliphatic heterocycles. The van der Waals surface area contributed by atoms with E-state index in [2.05, 4.69) is 24.1 Å². The molecule has 3 rings (SSSR count). The largest absolute Gasteiger partial charge is 0.481 e. The van der Waals surface area contributed by atoms with Crippen LogP contribution in [0, 0.1) is 12.7 Å². The number of anilines is 3. The van der Waals surface area contributed by atoms with Gasteiger partial charge < -0.3 is 20.8 Å². The van der Waals surface area contributed by atoms with E-state index in [0.717, 1.165) is 41.8 Å². The van der Waals surface area contributed by atoms with E-state index in [1.165, 1.54) is 25.0 Å². The summed E-state index contributed by atoms with van der Waals surface area (Å²) in [4.78, 5) is 21.8. The minimum absolute atomic E-state index is 0.0566. The van der Waals surface area contributed by atoms with E-state index < -0.39 is 17.8 Å². The summed E-state index contributed by atoms with van der Waals surface area (Å²) in [5.41, 5.74) is 5.08. The maximum Gasteiger partial charge on any atom is 0.307 e. The van der Waals surface area contributed by atoms with Gasteiger partial charge in [-0.1, -0.05) is 73.3 Å². The Morgan fingerprint density at radius 2 is 1.64 bits per heavy atom. The number of aliphatic carboxylic acids is 2. The fraction of sp³-hybridized carbons (Fsp3) is 0.290. The van der Waals surface area contributed by atoms with Gasteiger partial charge in [0.05, 0.1) is 23.6 Å². The molecule has 3 aromatic carbocycles. The van der Waals surface area contributed by atoms with Gasteiger partial charge in [-0.2, -0.15) is 0 Å². The van der Waals surface area contributed by atoms with Crippen molar-refractivity contribution in [3.63, 3.8) is 0 Å². The van der Waals surface area contributed by atoms with Gasteiger partial charge in [-0.15, -0.1) is 6.58 Å². The Morgan fingerprint density at radius 3 is 2.26 bits per heavy atom. The number of hydrogen-bond acceptors (Lipinski definition) is 4. The summed E-state index contributed by atoms with van der Waals surface area (Å²) in [5.74, 6) is -2.23. The van der Waals surface area contributed by atoms with Crippen LogP contribution in [0.4, 0.5) is 21.5 Å². The van der Waals surface area contributed by atoms with E-state index in [1.54, 1.807) is 18.2 Å². The number of unbranched alkanes of at least 4 members (excludes halogenated alkanes) is 2. The molecule has 0 aromatic heterocycles. The lowest BCUT2D eigenvalue weighted by atomic mass is 10.0. The molecule has 0 aliphatic carbocycles. The highest BCUT2D eigenvalue weighted by atomic mass is 35.5. The zero-order valence-electron chi connectivity index (χ0n) is 22.4. The van der Waals surface area contributed by atoms with E-state index in [0.29, 0.717) is 11.3 Å².